The van der Waals surface area contributed by atoms with Crippen molar-refractivity contribution < 1.29 is 9.84 Å². The van der Waals surface area contributed by atoms with E-state index in [9.17, 15) is 5.11 Å². The predicted octanol–water partition coefficient (Wildman–Crippen LogP) is 3.13. The minimum atomic E-state index is -0.249. The second-order valence-electron chi connectivity index (χ2n) is 7.46. The lowest BCUT2D eigenvalue weighted by Gasteiger charge is -2.53. The van der Waals surface area contributed by atoms with Crippen molar-refractivity contribution in [1.29, 1.82) is 0 Å². The third-order valence-corrected chi connectivity index (χ3v) is 6.35. The van der Waals surface area contributed by atoms with Crippen LogP contribution in [-0.2, 0) is 4.74 Å². The molecule has 1 aliphatic heterocycles. The van der Waals surface area contributed by atoms with Crippen molar-refractivity contribution in [2.45, 2.75) is 77.1 Å². The minimum Gasteiger partial charge on any atom is -0.390 e. The van der Waals surface area contributed by atoms with Crippen molar-refractivity contribution in [1.82, 2.24) is 0 Å². The maximum Gasteiger partial charge on any atom is 0.124 e. The van der Waals surface area contributed by atoms with Crippen LogP contribution in [0, 0.1) is 17.3 Å². The molecule has 1 heterocycles. The standard InChI is InChI=1S/C15H26O2/c1-10-6-5-7-11-8-12(16)15(9-14(10,11)4)13(2,3)17-15/h10-12,16H,5-9H2,1-4H3/t10-,11+,12-,14+,15+/m0/s1. The van der Waals surface area contributed by atoms with Crippen LogP contribution in [0.1, 0.15) is 59.8 Å². The largest absolute Gasteiger partial charge is 0.390 e. The van der Waals surface area contributed by atoms with Gasteiger partial charge in [-0.1, -0.05) is 26.7 Å². The highest BCUT2D eigenvalue weighted by molar-refractivity contribution is 5.20. The molecule has 0 unspecified atom stereocenters. The zero-order chi connectivity index (χ0) is 12.5. The Kier molecular flexibility index (Phi) is 2.30. The molecule has 0 radical (unpaired) electrons. The Bertz CT molecular complexity index is 338. The van der Waals surface area contributed by atoms with Crippen molar-refractivity contribution in [3.63, 3.8) is 0 Å². The molecule has 2 nitrogen and oxygen atoms in total. The highest BCUT2D eigenvalue weighted by Crippen LogP contribution is 2.65. The van der Waals surface area contributed by atoms with Crippen LogP contribution < -0.4 is 0 Å². The van der Waals surface area contributed by atoms with Crippen LogP contribution in [-0.4, -0.2) is 22.4 Å². The number of aliphatic hydroxyl groups is 1. The van der Waals surface area contributed by atoms with Gasteiger partial charge in [-0.2, -0.15) is 0 Å². The molecule has 1 N–H and O–H groups in total. The van der Waals surface area contributed by atoms with Crippen molar-refractivity contribution in [3.8, 4) is 0 Å². The lowest BCUT2D eigenvalue weighted by molar-refractivity contribution is -0.0874. The number of ether oxygens (including phenoxy) is 1. The van der Waals surface area contributed by atoms with Crippen LogP contribution in [0.2, 0.25) is 0 Å². The van der Waals surface area contributed by atoms with E-state index in [0.717, 1.165) is 18.8 Å². The van der Waals surface area contributed by atoms with E-state index in [-0.39, 0.29) is 17.3 Å². The fourth-order valence-electron chi connectivity index (χ4n) is 4.73. The molecule has 17 heavy (non-hydrogen) atoms. The van der Waals surface area contributed by atoms with Gasteiger partial charge in [0.25, 0.3) is 0 Å². The Morgan fingerprint density at radius 3 is 2.41 bits per heavy atom. The van der Waals surface area contributed by atoms with Crippen molar-refractivity contribution in [2.24, 2.45) is 17.3 Å². The van der Waals surface area contributed by atoms with E-state index in [0.29, 0.717) is 11.3 Å². The SMILES string of the molecule is C[C@H]1CCC[C@@H]2C[C@H](O)[C@@]3(C[C@@]21C)OC3(C)C. The molecule has 5 atom stereocenters. The zero-order valence-corrected chi connectivity index (χ0v) is 11.6. The minimum absolute atomic E-state index is 0.114. The van der Waals surface area contributed by atoms with Crippen molar-refractivity contribution in [3.05, 3.63) is 0 Å². The van der Waals surface area contributed by atoms with E-state index in [4.69, 9.17) is 4.74 Å². The Labute approximate surface area is 105 Å². The smallest absolute Gasteiger partial charge is 0.124 e. The fraction of sp³-hybridized carbons (Fsp3) is 1.00. The lowest BCUT2D eigenvalue weighted by atomic mass is 9.52. The first kappa shape index (κ1) is 12.0. The van der Waals surface area contributed by atoms with Gasteiger partial charge in [0.1, 0.15) is 5.60 Å². The average Bonchev–Trinajstić information content (AvgIpc) is 2.75. The maximum absolute atomic E-state index is 10.4. The number of rotatable bonds is 0. The Morgan fingerprint density at radius 1 is 1.18 bits per heavy atom. The van der Waals surface area contributed by atoms with Gasteiger partial charge in [0, 0.05) is 0 Å². The Balaban J connectivity index is 1.91. The van der Waals surface area contributed by atoms with Crippen LogP contribution >= 0.6 is 0 Å². The molecular weight excluding hydrogens is 212 g/mol. The first-order valence-electron chi connectivity index (χ1n) is 7.20. The fourth-order valence-corrected chi connectivity index (χ4v) is 4.73. The first-order chi connectivity index (χ1) is 7.82. The molecule has 98 valence electrons. The molecule has 2 heteroatoms. The van der Waals surface area contributed by atoms with E-state index in [1.807, 2.05) is 0 Å². The molecule has 2 aliphatic carbocycles. The number of hydrogen-bond acceptors (Lipinski definition) is 2. The summed E-state index contributed by atoms with van der Waals surface area (Å²) in [6.07, 6.45) is 5.74. The third-order valence-electron chi connectivity index (χ3n) is 6.35. The molecule has 0 aromatic heterocycles. The van der Waals surface area contributed by atoms with Gasteiger partial charge in [-0.3, -0.25) is 0 Å². The van der Waals surface area contributed by atoms with Crippen LogP contribution in [0.25, 0.3) is 0 Å². The van der Waals surface area contributed by atoms with E-state index in [2.05, 4.69) is 27.7 Å². The number of epoxide rings is 1. The van der Waals surface area contributed by atoms with Gasteiger partial charge in [-0.25, -0.2) is 0 Å². The number of aliphatic hydroxyl groups excluding tert-OH is 1. The van der Waals surface area contributed by atoms with E-state index in [1.54, 1.807) is 0 Å². The normalized spacial score (nSPS) is 56.6. The summed E-state index contributed by atoms with van der Waals surface area (Å²) >= 11 is 0. The highest BCUT2D eigenvalue weighted by Gasteiger charge is 2.72. The molecule has 3 rings (SSSR count). The van der Waals surface area contributed by atoms with Gasteiger partial charge in [0.15, 0.2) is 0 Å². The van der Waals surface area contributed by atoms with Gasteiger partial charge in [-0.05, 0) is 50.4 Å². The Hall–Kier alpha value is -0.0800. The summed E-state index contributed by atoms with van der Waals surface area (Å²) in [7, 11) is 0. The second kappa shape index (κ2) is 3.27. The molecule has 1 spiro atoms. The molecule has 1 saturated heterocycles. The molecule has 2 saturated carbocycles. The molecule has 0 amide bonds. The van der Waals surface area contributed by atoms with Crippen LogP contribution in [0.3, 0.4) is 0 Å². The molecule has 0 aromatic rings. The quantitative estimate of drug-likeness (QED) is 0.658. The monoisotopic (exact) mass is 238 g/mol. The van der Waals surface area contributed by atoms with Gasteiger partial charge in [0.05, 0.1) is 11.7 Å². The predicted molar refractivity (Wildman–Crippen MR) is 67.7 cm³/mol. The number of hydrogen-bond donors (Lipinski definition) is 1. The molecule has 0 aromatic carbocycles. The summed E-state index contributed by atoms with van der Waals surface area (Å²) < 4.78 is 5.96. The lowest BCUT2D eigenvalue weighted by Crippen LogP contribution is -2.53. The summed E-state index contributed by atoms with van der Waals surface area (Å²) in [6.45, 7) is 9.10. The summed E-state index contributed by atoms with van der Waals surface area (Å²) in [5, 5.41) is 10.4. The van der Waals surface area contributed by atoms with Gasteiger partial charge < -0.3 is 9.84 Å². The summed E-state index contributed by atoms with van der Waals surface area (Å²) in [5.74, 6) is 1.47. The first-order valence-corrected chi connectivity index (χ1v) is 7.20. The highest BCUT2D eigenvalue weighted by atomic mass is 16.6. The van der Waals surface area contributed by atoms with E-state index < -0.39 is 0 Å². The summed E-state index contributed by atoms with van der Waals surface area (Å²) in [6, 6.07) is 0. The summed E-state index contributed by atoms with van der Waals surface area (Å²) in [4.78, 5) is 0. The maximum atomic E-state index is 10.4. The average molecular weight is 238 g/mol. The van der Waals surface area contributed by atoms with Crippen molar-refractivity contribution >= 4 is 0 Å². The second-order valence-corrected chi connectivity index (χ2v) is 7.46. The zero-order valence-electron chi connectivity index (χ0n) is 11.6. The van der Waals surface area contributed by atoms with Crippen molar-refractivity contribution in [2.75, 3.05) is 0 Å². The van der Waals surface area contributed by atoms with Crippen LogP contribution in [0.15, 0.2) is 0 Å². The van der Waals surface area contributed by atoms with Gasteiger partial charge in [-0.15, -0.1) is 0 Å². The number of fused-ring (bicyclic) bond motifs is 1. The third kappa shape index (κ3) is 1.40. The molecule has 3 fully saturated rings. The van der Waals surface area contributed by atoms with Crippen LogP contribution in [0.4, 0.5) is 0 Å². The van der Waals surface area contributed by atoms with Gasteiger partial charge >= 0.3 is 0 Å². The van der Waals surface area contributed by atoms with E-state index in [1.165, 1.54) is 19.3 Å². The molecular formula is C15H26O2. The molecule has 3 aliphatic rings. The Morgan fingerprint density at radius 2 is 1.82 bits per heavy atom. The summed E-state index contributed by atoms with van der Waals surface area (Å²) in [5.41, 5.74) is 0.0344. The van der Waals surface area contributed by atoms with E-state index >= 15 is 0 Å². The topological polar surface area (TPSA) is 32.8 Å². The van der Waals surface area contributed by atoms with Crippen LogP contribution in [0.5, 0.6) is 0 Å². The molecule has 0 bridgehead atoms. The van der Waals surface area contributed by atoms with Gasteiger partial charge in [0.2, 0.25) is 0 Å².